The van der Waals surface area contributed by atoms with Gasteiger partial charge in [-0.25, -0.2) is 0 Å². The fraction of sp³-hybridized carbons (Fsp3) is 0.273. The highest BCUT2D eigenvalue weighted by Gasteiger charge is 2.16. The van der Waals surface area contributed by atoms with Crippen LogP contribution in [0.1, 0.15) is 30.9 Å². The second-order valence-corrected chi connectivity index (χ2v) is 3.24. The van der Waals surface area contributed by atoms with Gasteiger partial charge in [0.1, 0.15) is 0 Å². The van der Waals surface area contributed by atoms with Crippen LogP contribution in [-0.4, -0.2) is 0 Å². The minimum atomic E-state index is 0.631. The SMILES string of the molecule is CC1=Cc2ccccc2C1C. The van der Waals surface area contributed by atoms with Gasteiger partial charge in [-0.2, -0.15) is 0 Å². The summed E-state index contributed by atoms with van der Waals surface area (Å²) < 4.78 is 0. The summed E-state index contributed by atoms with van der Waals surface area (Å²) in [6, 6.07) is 8.61. The second kappa shape index (κ2) is 2.23. The molecule has 0 fully saturated rings. The molecule has 0 aliphatic heterocycles. The van der Waals surface area contributed by atoms with Crippen LogP contribution < -0.4 is 0 Å². The molecule has 0 bridgehead atoms. The predicted molar refractivity (Wildman–Crippen MR) is 48.5 cm³/mol. The van der Waals surface area contributed by atoms with Crippen molar-refractivity contribution in [3.8, 4) is 0 Å². The van der Waals surface area contributed by atoms with Crippen molar-refractivity contribution in [1.29, 1.82) is 0 Å². The van der Waals surface area contributed by atoms with E-state index in [4.69, 9.17) is 0 Å². The lowest BCUT2D eigenvalue weighted by molar-refractivity contribution is 0.921. The van der Waals surface area contributed by atoms with Gasteiger partial charge in [0.15, 0.2) is 0 Å². The zero-order valence-electron chi connectivity index (χ0n) is 6.96. The molecule has 0 saturated carbocycles. The van der Waals surface area contributed by atoms with E-state index in [0.717, 1.165) is 0 Å². The normalized spacial score (nSPS) is 21.3. The molecule has 1 aliphatic rings. The van der Waals surface area contributed by atoms with Crippen LogP contribution in [-0.2, 0) is 0 Å². The summed E-state index contributed by atoms with van der Waals surface area (Å²) in [7, 11) is 0. The number of hydrogen-bond donors (Lipinski definition) is 0. The molecule has 1 aliphatic carbocycles. The van der Waals surface area contributed by atoms with Gasteiger partial charge in [-0.05, 0) is 18.1 Å². The fourth-order valence-electron chi connectivity index (χ4n) is 1.65. The van der Waals surface area contributed by atoms with Gasteiger partial charge in [0, 0.05) is 5.92 Å². The summed E-state index contributed by atoms with van der Waals surface area (Å²) in [6.45, 7) is 4.46. The van der Waals surface area contributed by atoms with E-state index in [2.05, 4.69) is 44.2 Å². The summed E-state index contributed by atoms with van der Waals surface area (Å²) in [5.41, 5.74) is 4.36. The molecule has 0 N–H and O–H groups in total. The molecule has 0 heteroatoms. The molecule has 0 nitrogen and oxygen atoms in total. The fourth-order valence-corrected chi connectivity index (χ4v) is 1.65. The molecule has 0 aromatic heterocycles. The molecule has 0 spiro atoms. The molecule has 1 atom stereocenters. The van der Waals surface area contributed by atoms with Crippen molar-refractivity contribution in [3.63, 3.8) is 0 Å². The molecule has 0 amide bonds. The van der Waals surface area contributed by atoms with Crippen molar-refractivity contribution in [1.82, 2.24) is 0 Å². The van der Waals surface area contributed by atoms with Crippen molar-refractivity contribution in [2.24, 2.45) is 0 Å². The van der Waals surface area contributed by atoms with E-state index in [-0.39, 0.29) is 0 Å². The molecule has 1 aromatic carbocycles. The van der Waals surface area contributed by atoms with Crippen LogP contribution in [0.25, 0.3) is 6.08 Å². The van der Waals surface area contributed by atoms with Crippen LogP contribution >= 0.6 is 0 Å². The van der Waals surface area contributed by atoms with Crippen molar-refractivity contribution in [2.75, 3.05) is 0 Å². The minimum Gasteiger partial charge on any atom is -0.0655 e. The van der Waals surface area contributed by atoms with E-state index in [1.54, 1.807) is 0 Å². The Labute approximate surface area is 67.6 Å². The van der Waals surface area contributed by atoms with Crippen molar-refractivity contribution < 1.29 is 0 Å². The number of benzene rings is 1. The van der Waals surface area contributed by atoms with Crippen molar-refractivity contribution >= 4 is 6.08 Å². The maximum atomic E-state index is 2.28. The van der Waals surface area contributed by atoms with Gasteiger partial charge in [-0.15, -0.1) is 0 Å². The maximum Gasteiger partial charge on any atom is 0.00263 e. The molecule has 1 unspecified atom stereocenters. The Hall–Kier alpha value is -1.04. The number of fused-ring (bicyclic) bond motifs is 1. The first-order valence-electron chi connectivity index (χ1n) is 4.06. The lowest BCUT2D eigenvalue weighted by Crippen LogP contribution is -1.88. The lowest BCUT2D eigenvalue weighted by Gasteiger charge is -2.05. The summed E-state index contributed by atoms with van der Waals surface area (Å²) in [4.78, 5) is 0. The molecular weight excluding hydrogens is 132 g/mol. The zero-order chi connectivity index (χ0) is 7.84. The van der Waals surface area contributed by atoms with E-state index >= 15 is 0 Å². The molecular formula is C11H12. The highest BCUT2D eigenvalue weighted by molar-refractivity contribution is 5.65. The Bertz CT molecular complexity index is 308. The van der Waals surface area contributed by atoms with Crippen LogP contribution in [0, 0.1) is 0 Å². The molecule has 0 heterocycles. The van der Waals surface area contributed by atoms with Crippen molar-refractivity contribution in [3.05, 3.63) is 41.0 Å². The van der Waals surface area contributed by atoms with Crippen molar-refractivity contribution in [2.45, 2.75) is 19.8 Å². The first kappa shape index (κ1) is 6.66. The van der Waals surface area contributed by atoms with Gasteiger partial charge in [0.05, 0.1) is 0 Å². The Morgan fingerprint density at radius 1 is 1.18 bits per heavy atom. The first-order valence-corrected chi connectivity index (χ1v) is 4.06. The smallest absolute Gasteiger partial charge is 0.00263 e. The Kier molecular flexibility index (Phi) is 1.35. The predicted octanol–water partition coefficient (Wildman–Crippen LogP) is 3.21. The van der Waals surface area contributed by atoms with E-state index in [9.17, 15) is 0 Å². The zero-order valence-corrected chi connectivity index (χ0v) is 6.96. The maximum absolute atomic E-state index is 2.28. The van der Waals surface area contributed by atoms with E-state index in [0.29, 0.717) is 5.92 Å². The quantitative estimate of drug-likeness (QED) is 0.524. The summed E-state index contributed by atoms with van der Waals surface area (Å²) >= 11 is 0. The number of rotatable bonds is 0. The molecule has 1 aromatic rings. The third-order valence-corrected chi connectivity index (χ3v) is 2.53. The molecule has 56 valence electrons. The average Bonchev–Trinajstić information content (AvgIpc) is 2.30. The highest BCUT2D eigenvalue weighted by Crippen LogP contribution is 2.34. The Balaban J connectivity index is 2.58. The molecule has 11 heavy (non-hydrogen) atoms. The van der Waals surface area contributed by atoms with Crippen LogP contribution in [0.5, 0.6) is 0 Å². The Morgan fingerprint density at radius 2 is 1.91 bits per heavy atom. The van der Waals surface area contributed by atoms with Gasteiger partial charge in [-0.3, -0.25) is 0 Å². The summed E-state index contributed by atoms with van der Waals surface area (Å²) in [6.07, 6.45) is 2.28. The minimum absolute atomic E-state index is 0.631. The third-order valence-electron chi connectivity index (χ3n) is 2.53. The van der Waals surface area contributed by atoms with Gasteiger partial charge < -0.3 is 0 Å². The van der Waals surface area contributed by atoms with Crippen LogP contribution in [0.2, 0.25) is 0 Å². The number of hydrogen-bond acceptors (Lipinski definition) is 0. The third kappa shape index (κ3) is 0.900. The first-order chi connectivity index (χ1) is 5.29. The lowest BCUT2D eigenvalue weighted by atomic mass is 9.99. The summed E-state index contributed by atoms with van der Waals surface area (Å²) in [5, 5.41) is 0. The standard InChI is InChI=1S/C11H12/c1-8-7-10-5-3-4-6-11(10)9(8)2/h3-7,9H,1-2H3. The van der Waals surface area contributed by atoms with Crippen LogP contribution in [0.4, 0.5) is 0 Å². The highest BCUT2D eigenvalue weighted by atomic mass is 14.2. The Morgan fingerprint density at radius 3 is 2.64 bits per heavy atom. The van der Waals surface area contributed by atoms with Gasteiger partial charge in [-0.1, -0.05) is 42.8 Å². The molecule has 0 radical (unpaired) electrons. The monoisotopic (exact) mass is 144 g/mol. The van der Waals surface area contributed by atoms with Crippen LogP contribution in [0.15, 0.2) is 29.8 Å². The van der Waals surface area contributed by atoms with Gasteiger partial charge in [0.2, 0.25) is 0 Å². The van der Waals surface area contributed by atoms with Gasteiger partial charge in [0.25, 0.3) is 0 Å². The number of allylic oxidation sites excluding steroid dienone is 1. The average molecular weight is 144 g/mol. The summed E-state index contributed by atoms with van der Waals surface area (Å²) in [5.74, 6) is 0.631. The van der Waals surface area contributed by atoms with E-state index < -0.39 is 0 Å². The van der Waals surface area contributed by atoms with E-state index in [1.165, 1.54) is 16.7 Å². The molecule has 2 rings (SSSR count). The topological polar surface area (TPSA) is 0 Å². The second-order valence-electron chi connectivity index (χ2n) is 3.24. The van der Waals surface area contributed by atoms with Gasteiger partial charge >= 0.3 is 0 Å². The van der Waals surface area contributed by atoms with E-state index in [1.807, 2.05) is 0 Å². The largest absolute Gasteiger partial charge is 0.0655 e. The molecule has 0 saturated heterocycles. The van der Waals surface area contributed by atoms with Crippen LogP contribution in [0.3, 0.4) is 0 Å².